The summed E-state index contributed by atoms with van der Waals surface area (Å²) in [5.41, 5.74) is 9.46. The number of oxazole rings is 1. The van der Waals surface area contributed by atoms with E-state index in [2.05, 4.69) is 4.98 Å². The van der Waals surface area contributed by atoms with E-state index in [4.69, 9.17) is 38.1 Å². The molecule has 0 saturated carbocycles. The molecule has 0 unspecified atom stereocenters. The molecule has 0 fully saturated rings. The first kappa shape index (κ1) is 14.0. The molecule has 0 atom stereocenters. The molecule has 108 valence electrons. The summed E-state index contributed by atoms with van der Waals surface area (Å²) in [5.74, 6) is 0.865. The van der Waals surface area contributed by atoms with Crippen LogP contribution in [-0.4, -0.2) is 12.1 Å². The first-order chi connectivity index (χ1) is 9.99. The molecule has 0 aliphatic rings. The van der Waals surface area contributed by atoms with E-state index in [1.807, 2.05) is 13.0 Å². The normalized spacial score (nSPS) is 11.0. The summed E-state index contributed by atoms with van der Waals surface area (Å²) < 4.78 is 10.9. The summed E-state index contributed by atoms with van der Waals surface area (Å²) in [6.07, 6.45) is 0. The Morgan fingerprint density at radius 1 is 1.14 bits per heavy atom. The fraction of sp³-hybridized carbons (Fsp3) is 0.133. The highest BCUT2D eigenvalue weighted by molar-refractivity contribution is 6.37. The molecule has 0 aliphatic heterocycles. The molecule has 0 saturated heterocycles. The molecule has 0 radical (unpaired) electrons. The van der Waals surface area contributed by atoms with Crippen LogP contribution in [0.5, 0.6) is 5.75 Å². The van der Waals surface area contributed by atoms with E-state index in [1.54, 1.807) is 18.2 Å². The molecule has 3 aromatic rings. The SMILES string of the molecule is COc1c(Cl)cc(-c2nc3cc(N)cc(C)c3o2)cc1Cl. The second kappa shape index (κ2) is 5.13. The number of aromatic nitrogens is 1. The van der Waals surface area contributed by atoms with Crippen molar-refractivity contribution in [3.05, 3.63) is 39.9 Å². The Bertz CT molecular complexity index is 820. The zero-order valence-electron chi connectivity index (χ0n) is 11.4. The number of hydrogen-bond donors (Lipinski definition) is 1. The van der Waals surface area contributed by atoms with Gasteiger partial charge in [0, 0.05) is 11.3 Å². The molecule has 0 bridgehead atoms. The monoisotopic (exact) mass is 322 g/mol. The number of nitrogen functional groups attached to an aromatic ring is 1. The quantitative estimate of drug-likeness (QED) is 0.694. The largest absolute Gasteiger partial charge is 0.494 e. The third kappa shape index (κ3) is 2.41. The lowest BCUT2D eigenvalue weighted by molar-refractivity contribution is 0.415. The molecule has 0 spiro atoms. The number of hydrogen-bond acceptors (Lipinski definition) is 4. The van der Waals surface area contributed by atoms with Crippen LogP contribution in [0.2, 0.25) is 10.0 Å². The number of aryl methyl sites for hydroxylation is 1. The van der Waals surface area contributed by atoms with Gasteiger partial charge in [0.1, 0.15) is 5.52 Å². The van der Waals surface area contributed by atoms with Gasteiger partial charge in [-0.25, -0.2) is 4.98 Å². The van der Waals surface area contributed by atoms with Crippen molar-refractivity contribution in [1.29, 1.82) is 0 Å². The van der Waals surface area contributed by atoms with Crippen molar-refractivity contribution in [3.63, 3.8) is 0 Å². The molecule has 2 N–H and O–H groups in total. The van der Waals surface area contributed by atoms with Gasteiger partial charge in [-0.2, -0.15) is 0 Å². The Morgan fingerprint density at radius 3 is 2.43 bits per heavy atom. The number of nitrogens with two attached hydrogens (primary N) is 1. The van der Waals surface area contributed by atoms with Gasteiger partial charge in [0.2, 0.25) is 5.89 Å². The average Bonchev–Trinajstić information content (AvgIpc) is 2.82. The third-order valence-electron chi connectivity index (χ3n) is 3.15. The molecule has 1 heterocycles. The van der Waals surface area contributed by atoms with Crippen LogP contribution in [0.25, 0.3) is 22.6 Å². The van der Waals surface area contributed by atoms with Crippen LogP contribution in [0.4, 0.5) is 5.69 Å². The topological polar surface area (TPSA) is 61.3 Å². The van der Waals surface area contributed by atoms with Gasteiger partial charge >= 0.3 is 0 Å². The number of benzene rings is 2. The number of rotatable bonds is 2. The Kier molecular flexibility index (Phi) is 3.43. The Labute approximate surface area is 131 Å². The van der Waals surface area contributed by atoms with E-state index in [0.29, 0.717) is 44.0 Å². The van der Waals surface area contributed by atoms with Crippen molar-refractivity contribution in [2.75, 3.05) is 12.8 Å². The third-order valence-corrected chi connectivity index (χ3v) is 3.71. The summed E-state index contributed by atoms with van der Waals surface area (Å²) in [6, 6.07) is 7.01. The van der Waals surface area contributed by atoms with Crippen molar-refractivity contribution in [3.8, 4) is 17.2 Å². The first-order valence-electron chi connectivity index (χ1n) is 6.19. The van der Waals surface area contributed by atoms with Gasteiger partial charge in [-0.1, -0.05) is 23.2 Å². The predicted octanol–water partition coefficient (Wildman–Crippen LogP) is 4.70. The molecule has 4 nitrogen and oxygen atoms in total. The van der Waals surface area contributed by atoms with E-state index >= 15 is 0 Å². The van der Waals surface area contributed by atoms with E-state index in [0.717, 1.165) is 5.56 Å². The van der Waals surface area contributed by atoms with Gasteiger partial charge in [-0.05, 0) is 36.8 Å². The number of fused-ring (bicyclic) bond motifs is 1. The second-order valence-electron chi connectivity index (χ2n) is 4.68. The van der Waals surface area contributed by atoms with Crippen molar-refractivity contribution >= 4 is 40.0 Å². The van der Waals surface area contributed by atoms with Crippen molar-refractivity contribution in [2.24, 2.45) is 0 Å². The highest BCUT2D eigenvalue weighted by Crippen LogP contribution is 2.38. The number of methoxy groups -OCH3 is 1. The number of halogens is 2. The van der Waals surface area contributed by atoms with Crippen LogP contribution in [0.15, 0.2) is 28.7 Å². The lowest BCUT2D eigenvalue weighted by Gasteiger charge is -2.06. The summed E-state index contributed by atoms with van der Waals surface area (Å²) in [4.78, 5) is 4.44. The zero-order chi connectivity index (χ0) is 15.1. The van der Waals surface area contributed by atoms with Gasteiger partial charge in [-0.3, -0.25) is 0 Å². The molecule has 21 heavy (non-hydrogen) atoms. The molecule has 6 heteroatoms. The Hall–Kier alpha value is -1.91. The van der Waals surface area contributed by atoms with Crippen molar-refractivity contribution in [2.45, 2.75) is 6.92 Å². The molecular weight excluding hydrogens is 311 g/mol. The summed E-state index contributed by atoms with van der Waals surface area (Å²) >= 11 is 12.3. The smallest absolute Gasteiger partial charge is 0.227 e. The van der Waals surface area contributed by atoms with Crippen LogP contribution < -0.4 is 10.5 Å². The Balaban J connectivity index is 2.19. The maximum Gasteiger partial charge on any atom is 0.227 e. The van der Waals surface area contributed by atoms with Gasteiger partial charge in [0.15, 0.2) is 11.3 Å². The first-order valence-corrected chi connectivity index (χ1v) is 6.95. The summed E-state index contributed by atoms with van der Waals surface area (Å²) in [7, 11) is 1.51. The maximum absolute atomic E-state index is 6.14. The number of nitrogens with zero attached hydrogens (tertiary/aromatic N) is 1. The average molecular weight is 323 g/mol. The summed E-state index contributed by atoms with van der Waals surface area (Å²) in [5, 5.41) is 0.803. The molecule has 1 aromatic heterocycles. The fourth-order valence-corrected chi connectivity index (χ4v) is 2.87. The van der Waals surface area contributed by atoms with Crippen LogP contribution >= 0.6 is 23.2 Å². The van der Waals surface area contributed by atoms with Crippen molar-refractivity contribution in [1.82, 2.24) is 4.98 Å². The minimum absolute atomic E-state index is 0.401. The van der Waals surface area contributed by atoms with Crippen molar-refractivity contribution < 1.29 is 9.15 Å². The van der Waals surface area contributed by atoms with Crippen LogP contribution in [-0.2, 0) is 0 Å². The lowest BCUT2D eigenvalue weighted by atomic mass is 10.2. The Morgan fingerprint density at radius 2 is 1.81 bits per heavy atom. The molecule has 2 aromatic carbocycles. The molecular formula is C15H12Cl2N2O2. The highest BCUT2D eigenvalue weighted by Gasteiger charge is 2.15. The maximum atomic E-state index is 6.14. The second-order valence-corrected chi connectivity index (χ2v) is 5.49. The van der Waals surface area contributed by atoms with E-state index < -0.39 is 0 Å². The minimum Gasteiger partial charge on any atom is -0.494 e. The van der Waals surface area contributed by atoms with E-state index in [9.17, 15) is 0 Å². The number of ether oxygens (including phenoxy) is 1. The molecule has 0 aliphatic carbocycles. The van der Waals surface area contributed by atoms with Gasteiger partial charge < -0.3 is 14.9 Å². The lowest BCUT2D eigenvalue weighted by Crippen LogP contribution is -1.87. The van der Waals surface area contributed by atoms with Gasteiger partial charge in [0.05, 0.1) is 17.2 Å². The predicted molar refractivity (Wildman–Crippen MR) is 85.2 cm³/mol. The van der Waals surface area contributed by atoms with Crippen LogP contribution in [0, 0.1) is 6.92 Å². The molecule has 3 rings (SSSR count). The van der Waals surface area contributed by atoms with E-state index in [-0.39, 0.29) is 0 Å². The van der Waals surface area contributed by atoms with Gasteiger partial charge in [-0.15, -0.1) is 0 Å². The molecule has 0 amide bonds. The zero-order valence-corrected chi connectivity index (χ0v) is 12.9. The van der Waals surface area contributed by atoms with E-state index in [1.165, 1.54) is 7.11 Å². The summed E-state index contributed by atoms with van der Waals surface area (Å²) in [6.45, 7) is 1.92. The standard InChI is InChI=1S/C15H12Cl2N2O2/c1-7-3-9(18)6-12-13(7)21-15(19-12)8-4-10(16)14(20-2)11(17)5-8/h3-6H,18H2,1-2H3. The van der Waals surface area contributed by atoms with Crippen LogP contribution in [0.1, 0.15) is 5.56 Å². The van der Waals surface area contributed by atoms with Gasteiger partial charge in [0.25, 0.3) is 0 Å². The fourth-order valence-electron chi connectivity index (χ4n) is 2.23. The van der Waals surface area contributed by atoms with Crippen LogP contribution in [0.3, 0.4) is 0 Å². The minimum atomic E-state index is 0.401. The number of anilines is 1. The highest BCUT2D eigenvalue weighted by atomic mass is 35.5.